The van der Waals surface area contributed by atoms with Gasteiger partial charge in [-0.1, -0.05) is 12.1 Å². The van der Waals surface area contributed by atoms with Gasteiger partial charge in [0.1, 0.15) is 6.04 Å². The van der Waals surface area contributed by atoms with Crippen LogP contribution >= 0.6 is 0 Å². The molecule has 0 bridgehead atoms. The summed E-state index contributed by atoms with van der Waals surface area (Å²) in [6.45, 7) is 5.06. The van der Waals surface area contributed by atoms with Crippen LogP contribution in [0.4, 0.5) is 5.69 Å². The average Bonchev–Trinajstić information content (AvgIpc) is 2.67. The summed E-state index contributed by atoms with van der Waals surface area (Å²) in [6, 6.07) is 5.99. The number of fused-ring (bicyclic) bond motifs is 1. The number of anilines is 1. The van der Waals surface area contributed by atoms with Gasteiger partial charge in [0.15, 0.2) is 0 Å². The Kier molecular flexibility index (Phi) is 3.57. The van der Waals surface area contributed by atoms with E-state index in [1.165, 1.54) is 11.3 Å². The highest BCUT2D eigenvalue weighted by Crippen LogP contribution is 2.29. The van der Waals surface area contributed by atoms with E-state index in [2.05, 4.69) is 29.4 Å². The van der Waals surface area contributed by atoms with Crippen molar-refractivity contribution in [3.8, 4) is 0 Å². The molecule has 0 radical (unpaired) electrons. The van der Waals surface area contributed by atoms with Crippen molar-refractivity contribution in [1.29, 1.82) is 0 Å². The smallest absolute Gasteiger partial charge is 0.239 e. The molecule has 0 saturated heterocycles. The van der Waals surface area contributed by atoms with E-state index in [0.717, 1.165) is 18.5 Å². The average molecular weight is 247 g/mol. The third-order valence-electron chi connectivity index (χ3n) is 3.35. The Hall–Kier alpha value is -1.55. The molecule has 1 aromatic carbocycles. The number of amides is 1. The van der Waals surface area contributed by atoms with Crippen molar-refractivity contribution in [3.63, 3.8) is 0 Å². The summed E-state index contributed by atoms with van der Waals surface area (Å²) in [4.78, 5) is 13.8. The molecule has 4 nitrogen and oxygen atoms in total. The summed E-state index contributed by atoms with van der Waals surface area (Å²) in [5.41, 5.74) is 8.99. The largest absolute Gasteiger partial charge is 0.374 e. The highest BCUT2D eigenvalue weighted by atomic mass is 16.1. The quantitative estimate of drug-likeness (QED) is 0.840. The fraction of sp³-hybridized carbons (Fsp3) is 0.500. The molecule has 0 aromatic heterocycles. The number of hydrogen-bond donors (Lipinski definition) is 2. The van der Waals surface area contributed by atoms with Gasteiger partial charge in [-0.15, -0.1) is 0 Å². The molecule has 0 fully saturated rings. The molecule has 4 heteroatoms. The van der Waals surface area contributed by atoms with E-state index in [-0.39, 0.29) is 11.9 Å². The second-order valence-corrected chi connectivity index (χ2v) is 5.22. The molecule has 18 heavy (non-hydrogen) atoms. The molecule has 1 aliphatic heterocycles. The number of nitrogens with one attached hydrogen (secondary N) is 1. The van der Waals surface area contributed by atoms with Crippen molar-refractivity contribution in [2.24, 2.45) is 5.73 Å². The molecule has 1 unspecified atom stereocenters. The van der Waals surface area contributed by atoms with Crippen molar-refractivity contribution >= 4 is 11.6 Å². The molecule has 1 atom stereocenters. The SMILES string of the molecule is CC(C)NC(C(N)=O)c1ccc2c(c1)CCN2C. The number of rotatable bonds is 4. The third-order valence-corrected chi connectivity index (χ3v) is 3.35. The summed E-state index contributed by atoms with van der Waals surface area (Å²) in [7, 11) is 2.09. The van der Waals surface area contributed by atoms with Gasteiger partial charge in [-0.25, -0.2) is 0 Å². The monoisotopic (exact) mass is 247 g/mol. The first kappa shape index (κ1) is 12.9. The lowest BCUT2D eigenvalue weighted by Crippen LogP contribution is -2.37. The first-order valence-corrected chi connectivity index (χ1v) is 6.38. The van der Waals surface area contributed by atoms with Crippen LogP contribution in [0, 0.1) is 0 Å². The van der Waals surface area contributed by atoms with Crippen molar-refractivity contribution in [3.05, 3.63) is 29.3 Å². The molecular weight excluding hydrogens is 226 g/mol. The number of primary amides is 1. The first-order chi connectivity index (χ1) is 8.49. The van der Waals surface area contributed by atoms with Crippen LogP contribution in [0.5, 0.6) is 0 Å². The van der Waals surface area contributed by atoms with Crippen molar-refractivity contribution in [1.82, 2.24) is 5.32 Å². The Morgan fingerprint density at radius 2 is 2.17 bits per heavy atom. The Bertz CT molecular complexity index is 456. The van der Waals surface area contributed by atoms with E-state index < -0.39 is 6.04 Å². The lowest BCUT2D eigenvalue weighted by molar-refractivity contribution is -0.120. The summed E-state index contributed by atoms with van der Waals surface area (Å²) in [5, 5.41) is 3.21. The van der Waals surface area contributed by atoms with Gasteiger partial charge in [-0.05, 0) is 37.5 Å². The maximum absolute atomic E-state index is 11.5. The number of hydrogen-bond acceptors (Lipinski definition) is 3. The number of carbonyl (C=O) groups excluding carboxylic acids is 1. The zero-order valence-corrected chi connectivity index (χ0v) is 11.2. The van der Waals surface area contributed by atoms with Gasteiger partial charge in [0.05, 0.1) is 0 Å². The van der Waals surface area contributed by atoms with Gasteiger partial charge < -0.3 is 10.6 Å². The van der Waals surface area contributed by atoms with Crippen LogP contribution in [0.3, 0.4) is 0 Å². The Balaban J connectivity index is 2.29. The molecule has 0 spiro atoms. The first-order valence-electron chi connectivity index (χ1n) is 6.38. The van der Waals surface area contributed by atoms with Crippen LogP contribution in [0.2, 0.25) is 0 Å². The van der Waals surface area contributed by atoms with E-state index in [1.54, 1.807) is 0 Å². The molecule has 98 valence electrons. The normalized spacial score (nSPS) is 15.9. The fourth-order valence-corrected chi connectivity index (χ4v) is 2.44. The van der Waals surface area contributed by atoms with Crippen LogP contribution in [0.25, 0.3) is 0 Å². The number of carbonyl (C=O) groups is 1. The minimum Gasteiger partial charge on any atom is -0.374 e. The van der Waals surface area contributed by atoms with Crippen molar-refractivity contribution < 1.29 is 4.79 Å². The predicted molar refractivity (Wildman–Crippen MR) is 73.6 cm³/mol. The lowest BCUT2D eigenvalue weighted by atomic mass is 10.0. The van der Waals surface area contributed by atoms with Crippen LogP contribution in [0.15, 0.2) is 18.2 Å². The molecule has 1 amide bonds. The lowest BCUT2D eigenvalue weighted by Gasteiger charge is -2.20. The zero-order valence-electron chi connectivity index (χ0n) is 11.2. The van der Waals surface area contributed by atoms with E-state index in [4.69, 9.17) is 5.73 Å². The molecule has 2 rings (SSSR count). The number of benzene rings is 1. The van der Waals surface area contributed by atoms with Crippen LogP contribution in [-0.4, -0.2) is 25.5 Å². The summed E-state index contributed by atoms with van der Waals surface area (Å²) < 4.78 is 0. The maximum Gasteiger partial charge on any atom is 0.239 e. The van der Waals surface area contributed by atoms with E-state index in [0.29, 0.717) is 0 Å². The standard InChI is InChI=1S/C14H21N3O/c1-9(2)16-13(14(15)18)11-4-5-12-10(8-11)6-7-17(12)3/h4-5,8-9,13,16H,6-7H2,1-3H3,(H2,15,18). The maximum atomic E-state index is 11.5. The minimum atomic E-state index is -0.402. The molecular formula is C14H21N3O. The van der Waals surface area contributed by atoms with Gasteiger partial charge in [0.25, 0.3) is 0 Å². The zero-order chi connectivity index (χ0) is 13.3. The second-order valence-electron chi connectivity index (χ2n) is 5.22. The van der Waals surface area contributed by atoms with Gasteiger partial charge in [-0.2, -0.15) is 0 Å². The summed E-state index contributed by atoms with van der Waals surface area (Å²) in [5.74, 6) is -0.324. The number of nitrogens with zero attached hydrogens (tertiary/aromatic N) is 1. The fourth-order valence-electron chi connectivity index (χ4n) is 2.44. The van der Waals surface area contributed by atoms with Crippen LogP contribution in [-0.2, 0) is 11.2 Å². The number of likely N-dealkylation sites (N-methyl/N-ethyl adjacent to an activating group) is 1. The topological polar surface area (TPSA) is 58.4 Å². The summed E-state index contributed by atoms with van der Waals surface area (Å²) in [6.07, 6.45) is 1.03. The van der Waals surface area contributed by atoms with Gasteiger partial charge >= 0.3 is 0 Å². The van der Waals surface area contributed by atoms with E-state index in [1.807, 2.05) is 19.9 Å². The molecule has 0 aliphatic carbocycles. The van der Waals surface area contributed by atoms with Crippen LogP contribution < -0.4 is 16.0 Å². The van der Waals surface area contributed by atoms with Crippen molar-refractivity contribution in [2.45, 2.75) is 32.4 Å². The molecule has 3 N–H and O–H groups in total. The van der Waals surface area contributed by atoms with Gasteiger partial charge in [0.2, 0.25) is 5.91 Å². The van der Waals surface area contributed by atoms with E-state index >= 15 is 0 Å². The second kappa shape index (κ2) is 4.98. The molecule has 1 aromatic rings. The van der Waals surface area contributed by atoms with E-state index in [9.17, 15) is 4.79 Å². The number of nitrogens with two attached hydrogens (primary N) is 1. The highest BCUT2D eigenvalue weighted by molar-refractivity contribution is 5.82. The Morgan fingerprint density at radius 3 is 2.78 bits per heavy atom. The highest BCUT2D eigenvalue weighted by Gasteiger charge is 2.22. The summed E-state index contributed by atoms with van der Waals surface area (Å²) >= 11 is 0. The molecule has 1 heterocycles. The predicted octanol–water partition coefficient (Wildman–Crippen LogP) is 1.20. The molecule has 1 aliphatic rings. The van der Waals surface area contributed by atoms with Gasteiger partial charge in [-0.3, -0.25) is 10.1 Å². The Morgan fingerprint density at radius 1 is 1.44 bits per heavy atom. The van der Waals surface area contributed by atoms with Crippen molar-refractivity contribution in [2.75, 3.05) is 18.5 Å². The molecule has 0 saturated carbocycles. The Labute approximate surface area is 108 Å². The van der Waals surface area contributed by atoms with Crippen LogP contribution in [0.1, 0.15) is 31.0 Å². The third kappa shape index (κ3) is 2.48. The minimum absolute atomic E-state index is 0.221. The van der Waals surface area contributed by atoms with Gasteiger partial charge in [0, 0.05) is 25.3 Å².